The van der Waals surface area contributed by atoms with Gasteiger partial charge in [-0.3, -0.25) is 4.79 Å². The Labute approximate surface area is 131 Å². The van der Waals surface area contributed by atoms with Crippen molar-refractivity contribution in [2.75, 3.05) is 0 Å². The van der Waals surface area contributed by atoms with Crippen molar-refractivity contribution in [1.82, 2.24) is 0 Å². The smallest absolute Gasteiger partial charge is 0.141 e. The Hall–Kier alpha value is -2.40. The van der Waals surface area contributed by atoms with E-state index in [1.54, 1.807) is 0 Å². The molecule has 0 fully saturated rings. The standard InChI is InChI=1S/C20H19NO/c1-14-5-4-6-15(11-14)12-20(22)18-10-9-16-7-2-3-8-17(16)19(18)13-21/h2-8,11,18-19H,9-10,12H2,1H3. The molecule has 2 atom stereocenters. The monoisotopic (exact) mass is 289 g/mol. The molecule has 0 radical (unpaired) electrons. The van der Waals surface area contributed by atoms with E-state index in [1.807, 2.05) is 43.3 Å². The number of nitriles is 1. The number of Topliss-reactive ketones (excluding diaryl/α,β-unsaturated/α-hetero) is 1. The SMILES string of the molecule is Cc1cccc(CC(=O)C2CCc3ccccc3C2C#N)c1. The van der Waals surface area contributed by atoms with Crippen LogP contribution in [-0.4, -0.2) is 5.78 Å². The molecule has 0 bridgehead atoms. The number of hydrogen-bond acceptors (Lipinski definition) is 2. The first kappa shape index (κ1) is 14.5. The molecule has 0 saturated carbocycles. The highest BCUT2D eigenvalue weighted by atomic mass is 16.1. The Kier molecular flexibility index (Phi) is 4.06. The summed E-state index contributed by atoms with van der Waals surface area (Å²) in [7, 11) is 0. The van der Waals surface area contributed by atoms with Gasteiger partial charge in [0.1, 0.15) is 5.78 Å². The van der Waals surface area contributed by atoms with Crippen molar-refractivity contribution in [2.45, 2.75) is 32.1 Å². The summed E-state index contributed by atoms with van der Waals surface area (Å²) in [5, 5.41) is 9.57. The van der Waals surface area contributed by atoms with Crippen LogP contribution in [0.5, 0.6) is 0 Å². The lowest BCUT2D eigenvalue weighted by Gasteiger charge is -2.28. The van der Waals surface area contributed by atoms with Gasteiger partial charge in [0.2, 0.25) is 0 Å². The molecule has 1 aliphatic carbocycles. The Morgan fingerprint density at radius 2 is 2.05 bits per heavy atom. The summed E-state index contributed by atoms with van der Waals surface area (Å²) in [5.41, 5.74) is 4.46. The molecule has 1 aliphatic rings. The Bertz CT molecular complexity index is 741. The van der Waals surface area contributed by atoms with E-state index in [1.165, 1.54) is 5.56 Å². The van der Waals surface area contributed by atoms with Crippen LogP contribution in [0.2, 0.25) is 0 Å². The predicted octanol–water partition coefficient (Wildman–Crippen LogP) is 3.98. The highest BCUT2D eigenvalue weighted by Crippen LogP contribution is 2.36. The van der Waals surface area contributed by atoms with Crippen molar-refractivity contribution in [3.63, 3.8) is 0 Å². The first-order chi connectivity index (χ1) is 10.7. The number of nitrogens with zero attached hydrogens (tertiary/aromatic N) is 1. The molecule has 0 spiro atoms. The maximum absolute atomic E-state index is 12.7. The van der Waals surface area contributed by atoms with Gasteiger partial charge in [0, 0.05) is 12.3 Å². The number of rotatable bonds is 3. The lowest BCUT2D eigenvalue weighted by molar-refractivity contribution is -0.122. The number of ketones is 1. The van der Waals surface area contributed by atoms with Gasteiger partial charge in [-0.1, -0.05) is 54.1 Å². The van der Waals surface area contributed by atoms with Crippen LogP contribution in [-0.2, 0) is 17.6 Å². The average Bonchev–Trinajstić information content (AvgIpc) is 2.53. The molecule has 0 aromatic heterocycles. The second kappa shape index (κ2) is 6.15. The normalized spacial score (nSPS) is 20.0. The molecule has 0 amide bonds. The van der Waals surface area contributed by atoms with Crippen molar-refractivity contribution < 1.29 is 4.79 Å². The zero-order chi connectivity index (χ0) is 15.5. The summed E-state index contributed by atoms with van der Waals surface area (Å²) in [6, 6.07) is 18.4. The highest BCUT2D eigenvalue weighted by Gasteiger charge is 2.33. The number of carbonyl (C=O) groups excluding carboxylic acids is 1. The summed E-state index contributed by atoms with van der Waals surface area (Å²) in [5.74, 6) is -0.297. The van der Waals surface area contributed by atoms with Crippen molar-refractivity contribution in [1.29, 1.82) is 5.26 Å². The van der Waals surface area contributed by atoms with Crippen LogP contribution in [0.1, 0.15) is 34.6 Å². The molecule has 2 aromatic rings. The average molecular weight is 289 g/mol. The molecule has 22 heavy (non-hydrogen) atoms. The van der Waals surface area contributed by atoms with Crippen LogP contribution in [0.4, 0.5) is 0 Å². The van der Waals surface area contributed by atoms with Gasteiger partial charge in [-0.05, 0) is 36.5 Å². The van der Waals surface area contributed by atoms with E-state index in [9.17, 15) is 10.1 Å². The van der Waals surface area contributed by atoms with Crippen LogP contribution in [0.3, 0.4) is 0 Å². The summed E-state index contributed by atoms with van der Waals surface area (Å²) < 4.78 is 0. The highest BCUT2D eigenvalue weighted by molar-refractivity contribution is 5.85. The van der Waals surface area contributed by atoms with Gasteiger partial charge in [-0.15, -0.1) is 0 Å². The third-order valence-electron chi connectivity index (χ3n) is 4.53. The minimum Gasteiger partial charge on any atom is -0.299 e. The van der Waals surface area contributed by atoms with Crippen molar-refractivity contribution >= 4 is 5.78 Å². The minimum atomic E-state index is -0.303. The number of aryl methyl sites for hydroxylation is 2. The maximum Gasteiger partial charge on any atom is 0.141 e. The summed E-state index contributed by atoms with van der Waals surface area (Å²) in [6.07, 6.45) is 2.09. The zero-order valence-electron chi connectivity index (χ0n) is 12.8. The molecule has 3 rings (SSSR count). The van der Waals surface area contributed by atoms with Gasteiger partial charge in [0.05, 0.1) is 12.0 Å². The molecule has 2 aromatic carbocycles. The minimum absolute atomic E-state index is 0.180. The number of carbonyl (C=O) groups is 1. The van der Waals surface area contributed by atoms with Crippen molar-refractivity contribution in [2.24, 2.45) is 5.92 Å². The van der Waals surface area contributed by atoms with Gasteiger partial charge in [-0.2, -0.15) is 5.26 Å². The van der Waals surface area contributed by atoms with E-state index in [0.717, 1.165) is 29.5 Å². The zero-order valence-corrected chi connectivity index (χ0v) is 12.8. The van der Waals surface area contributed by atoms with E-state index in [2.05, 4.69) is 18.2 Å². The number of hydrogen-bond donors (Lipinski definition) is 0. The van der Waals surface area contributed by atoms with Crippen LogP contribution in [0.15, 0.2) is 48.5 Å². The first-order valence-electron chi connectivity index (χ1n) is 7.74. The Balaban J connectivity index is 1.83. The van der Waals surface area contributed by atoms with Crippen molar-refractivity contribution in [3.05, 3.63) is 70.8 Å². The summed E-state index contributed by atoms with van der Waals surface area (Å²) in [4.78, 5) is 12.7. The van der Waals surface area contributed by atoms with E-state index < -0.39 is 0 Å². The largest absolute Gasteiger partial charge is 0.299 e. The molecule has 0 saturated heterocycles. The second-order valence-corrected chi connectivity index (χ2v) is 6.08. The molecule has 0 heterocycles. The van der Waals surface area contributed by atoms with Crippen LogP contribution in [0, 0.1) is 24.2 Å². The quantitative estimate of drug-likeness (QED) is 0.857. The maximum atomic E-state index is 12.7. The fraction of sp³-hybridized carbons (Fsp3) is 0.300. The first-order valence-corrected chi connectivity index (χ1v) is 7.74. The lowest BCUT2D eigenvalue weighted by atomic mass is 9.73. The van der Waals surface area contributed by atoms with Crippen LogP contribution >= 0.6 is 0 Å². The molecular formula is C20H19NO. The van der Waals surface area contributed by atoms with Gasteiger partial charge >= 0.3 is 0 Å². The van der Waals surface area contributed by atoms with E-state index in [4.69, 9.17) is 0 Å². The predicted molar refractivity (Wildman–Crippen MR) is 86.5 cm³/mol. The summed E-state index contributed by atoms with van der Waals surface area (Å²) in [6.45, 7) is 2.03. The molecule has 2 unspecified atom stereocenters. The number of benzene rings is 2. The van der Waals surface area contributed by atoms with Gasteiger partial charge in [0.15, 0.2) is 0 Å². The molecule has 0 N–H and O–H groups in total. The molecule has 110 valence electrons. The van der Waals surface area contributed by atoms with Crippen LogP contribution in [0.25, 0.3) is 0 Å². The molecular weight excluding hydrogens is 270 g/mol. The third-order valence-corrected chi connectivity index (χ3v) is 4.53. The Morgan fingerprint density at radius 1 is 1.23 bits per heavy atom. The van der Waals surface area contributed by atoms with Crippen molar-refractivity contribution in [3.8, 4) is 6.07 Å². The molecule has 2 nitrogen and oxygen atoms in total. The van der Waals surface area contributed by atoms with Gasteiger partial charge in [-0.25, -0.2) is 0 Å². The van der Waals surface area contributed by atoms with E-state index in [0.29, 0.717) is 6.42 Å². The second-order valence-electron chi connectivity index (χ2n) is 6.08. The fourth-order valence-corrected chi connectivity index (χ4v) is 3.42. The van der Waals surface area contributed by atoms with E-state index >= 15 is 0 Å². The topological polar surface area (TPSA) is 40.9 Å². The lowest BCUT2D eigenvalue weighted by Crippen LogP contribution is -2.28. The molecule has 0 aliphatic heterocycles. The summed E-state index contributed by atoms with van der Waals surface area (Å²) >= 11 is 0. The Morgan fingerprint density at radius 3 is 2.82 bits per heavy atom. The number of fused-ring (bicyclic) bond motifs is 1. The van der Waals surface area contributed by atoms with E-state index in [-0.39, 0.29) is 17.6 Å². The fourth-order valence-electron chi connectivity index (χ4n) is 3.42. The third kappa shape index (κ3) is 2.80. The van der Waals surface area contributed by atoms with Crippen LogP contribution < -0.4 is 0 Å². The molecule has 2 heteroatoms. The van der Waals surface area contributed by atoms with Gasteiger partial charge in [0.25, 0.3) is 0 Å². The van der Waals surface area contributed by atoms with Gasteiger partial charge < -0.3 is 0 Å².